The number of ether oxygens (including phenoxy) is 4. The van der Waals surface area contributed by atoms with Crippen LogP contribution in [-0.4, -0.2) is 96.7 Å². The van der Waals surface area contributed by atoms with Crippen LogP contribution >= 0.6 is 15.6 Å². The predicted octanol–water partition coefficient (Wildman–Crippen LogP) is 17.9. The van der Waals surface area contributed by atoms with Crippen molar-refractivity contribution in [2.24, 2.45) is 17.8 Å². The van der Waals surface area contributed by atoms with Crippen molar-refractivity contribution in [2.75, 3.05) is 39.6 Å². The van der Waals surface area contributed by atoms with Gasteiger partial charge in [-0.05, 0) is 43.4 Å². The number of hydrogen-bond donors (Lipinski definition) is 3. The molecule has 17 nitrogen and oxygen atoms in total. The van der Waals surface area contributed by atoms with E-state index in [1.807, 2.05) is 0 Å². The van der Waals surface area contributed by atoms with Crippen LogP contribution in [0.15, 0.2) is 0 Å². The zero-order valence-electron chi connectivity index (χ0n) is 54.4. The molecule has 0 bridgehead atoms. The molecule has 0 aliphatic carbocycles. The third kappa shape index (κ3) is 59.0. The zero-order chi connectivity index (χ0) is 62.4. The van der Waals surface area contributed by atoms with E-state index in [0.717, 1.165) is 120 Å². The Kier molecular flexibility index (Phi) is 55.0. The number of aliphatic hydroxyl groups excluding tert-OH is 1. The summed E-state index contributed by atoms with van der Waals surface area (Å²) in [6.45, 7) is 11.7. The Bertz CT molecular complexity index is 1660. The first-order valence-electron chi connectivity index (χ1n) is 33.8. The molecule has 19 heteroatoms. The van der Waals surface area contributed by atoms with E-state index in [2.05, 4.69) is 48.5 Å². The maximum absolute atomic E-state index is 13.0. The summed E-state index contributed by atoms with van der Waals surface area (Å²) >= 11 is 0. The summed E-state index contributed by atoms with van der Waals surface area (Å²) < 4.78 is 68.0. The van der Waals surface area contributed by atoms with Gasteiger partial charge in [0.15, 0.2) is 12.2 Å². The Labute approximate surface area is 511 Å². The topological polar surface area (TPSA) is 237 Å². The smallest absolute Gasteiger partial charge is 0.462 e. The number of carbonyl (C=O) groups excluding carboxylic acids is 4. The molecule has 0 aliphatic rings. The van der Waals surface area contributed by atoms with Gasteiger partial charge in [0.1, 0.15) is 19.3 Å². The molecule has 0 aromatic rings. The minimum absolute atomic E-state index is 0.104. The van der Waals surface area contributed by atoms with Gasteiger partial charge >= 0.3 is 39.5 Å². The Balaban J connectivity index is 5.23. The van der Waals surface area contributed by atoms with Crippen LogP contribution in [0.2, 0.25) is 0 Å². The van der Waals surface area contributed by atoms with Crippen molar-refractivity contribution in [2.45, 2.75) is 336 Å². The van der Waals surface area contributed by atoms with E-state index >= 15 is 0 Å². The number of esters is 4. The summed E-state index contributed by atoms with van der Waals surface area (Å²) in [7, 11) is -9.89. The number of carbonyl (C=O) groups is 4. The lowest BCUT2D eigenvalue weighted by Gasteiger charge is -2.21. The van der Waals surface area contributed by atoms with Crippen LogP contribution in [0.1, 0.15) is 318 Å². The highest BCUT2D eigenvalue weighted by Crippen LogP contribution is 2.45. The molecule has 0 aliphatic heterocycles. The Morgan fingerprint density at radius 1 is 0.321 bits per heavy atom. The Morgan fingerprint density at radius 2 is 0.548 bits per heavy atom. The first-order valence-corrected chi connectivity index (χ1v) is 36.8. The number of hydrogen-bond acceptors (Lipinski definition) is 15. The molecular formula is C65H126O17P2. The quantitative estimate of drug-likeness (QED) is 0.0222. The largest absolute Gasteiger partial charge is 0.472 e. The first-order chi connectivity index (χ1) is 40.2. The molecule has 498 valence electrons. The van der Waals surface area contributed by atoms with Crippen LogP contribution in [0, 0.1) is 17.8 Å². The maximum atomic E-state index is 13.0. The SMILES string of the molecule is CCCCCCCCCC(=O)OC[C@H](COP(=O)(O)OC[C@H](O)COP(=O)(O)OC[C@@H](COC(=O)CCCCCCCCCCCCC(C)C)OC(=O)CCCCCCCCCCCCC(C)C)OC(=O)CCCCCCCCCCC(C)C. The van der Waals surface area contributed by atoms with E-state index in [1.165, 1.54) is 116 Å². The molecule has 0 aromatic carbocycles. The fourth-order valence-corrected chi connectivity index (χ4v) is 11.2. The van der Waals surface area contributed by atoms with Crippen LogP contribution in [0.3, 0.4) is 0 Å². The second kappa shape index (κ2) is 56.3. The number of aliphatic hydroxyl groups is 1. The van der Waals surface area contributed by atoms with Crippen LogP contribution in [0.5, 0.6) is 0 Å². The minimum atomic E-state index is -4.95. The van der Waals surface area contributed by atoms with Gasteiger partial charge < -0.3 is 33.8 Å². The minimum Gasteiger partial charge on any atom is -0.462 e. The van der Waals surface area contributed by atoms with Crippen molar-refractivity contribution < 1.29 is 80.2 Å². The highest BCUT2D eigenvalue weighted by atomic mass is 31.2. The van der Waals surface area contributed by atoms with Gasteiger partial charge in [-0.1, -0.05) is 267 Å². The van der Waals surface area contributed by atoms with E-state index in [-0.39, 0.29) is 25.7 Å². The van der Waals surface area contributed by atoms with Crippen molar-refractivity contribution >= 4 is 39.5 Å². The lowest BCUT2D eigenvalue weighted by molar-refractivity contribution is -0.161. The van der Waals surface area contributed by atoms with Gasteiger partial charge in [-0.2, -0.15) is 0 Å². The van der Waals surface area contributed by atoms with Gasteiger partial charge in [-0.3, -0.25) is 37.3 Å². The fourth-order valence-electron chi connectivity index (χ4n) is 9.66. The fraction of sp³-hybridized carbons (Fsp3) is 0.938. The van der Waals surface area contributed by atoms with Crippen LogP contribution in [0.4, 0.5) is 0 Å². The van der Waals surface area contributed by atoms with Crippen molar-refractivity contribution in [3.05, 3.63) is 0 Å². The average Bonchev–Trinajstić information content (AvgIpc) is 3.44. The molecule has 0 fully saturated rings. The Hall–Kier alpha value is -1.94. The molecular weight excluding hydrogens is 1110 g/mol. The molecule has 5 atom stereocenters. The molecule has 0 aromatic heterocycles. The summed E-state index contributed by atoms with van der Waals surface area (Å²) in [6, 6.07) is 0. The molecule has 0 amide bonds. The lowest BCUT2D eigenvalue weighted by Crippen LogP contribution is -2.30. The summed E-state index contributed by atoms with van der Waals surface area (Å²) in [5, 5.41) is 10.5. The molecule has 0 saturated heterocycles. The van der Waals surface area contributed by atoms with Crippen LogP contribution in [0.25, 0.3) is 0 Å². The van der Waals surface area contributed by atoms with Gasteiger partial charge in [0.25, 0.3) is 0 Å². The second-order valence-electron chi connectivity index (χ2n) is 24.9. The van der Waals surface area contributed by atoms with Gasteiger partial charge in [0.2, 0.25) is 0 Å². The number of phosphoric ester groups is 2. The van der Waals surface area contributed by atoms with Gasteiger partial charge in [0, 0.05) is 25.7 Å². The molecule has 0 heterocycles. The highest BCUT2D eigenvalue weighted by molar-refractivity contribution is 7.47. The Morgan fingerprint density at radius 3 is 0.810 bits per heavy atom. The summed E-state index contributed by atoms with van der Waals surface area (Å²) in [5.41, 5.74) is 0. The van der Waals surface area contributed by atoms with Gasteiger partial charge in [0.05, 0.1) is 26.4 Å². The zero-order valence-corrected chi connectivity index (χ0v) is 56.1. The average molecular weight is 1240 g/mol. The second-order valence-corrected chi connectivity index (χ2v) is 27.8. The van der Waals surface area contributed by atoms with Gasteiger partial charge in [-0.25, -0.2) is 9.13 Å². The van der Waals surface area contributed by atoms with E-state index in [1.54, 1.807) is 0 Å². The number of phosphoric acid groups is 2. The van der Waals surface area contributed by atoms with E-state index in [9.17, 15) is 43.2 Å². The monoisotopic (exact) mass is 1240 g/mol. The van der Waals surface area contributed by atoms with Gasteiger partial charge in [-0.15, -0.1) is 0 Å². The molecule has 0 radical (unpaired) electrons. The third-order valence-electron chi connectivity index (χ3n) is 14.9. The summed E-state index contributed by atoms with van der Waals surface area (Å²) in [4.78, 5) is 72.2. The van der Waals surface area contributed by atoms with E-state index < -0.39 is 97.5 Å². The molecule has 2 unspecified atom stereocenters. The standard InChI is InChI=1S/C65H126O17P2/c1-8-9-10-11-22-32-39-46-62(67)75-52-60(82-65(70)49-42-35-28-21-20-25-31-38-45-58(6)7)54-79-83(71,72)77-50-59(66)51-78-84(73,74)80-55-61(81-64(69)48-41-34-27-19-15-13-17-24-30-37-44-57(4)5)53-76-63(68)47-40-33-26-18-14-12-16-23-29-36-43-56(2)3/h56-61,66H,8-55H2,1-7H3,(H,71,72)(H,73,74)/t59-,60+,61+/m0/s1. The predicted molar refractivity (Wildman–Crippen MR) is 335 cm³/mol. The van der Waals surface area contributed by atoms with Crippen molar-refractivity contribution in [3.63, 3.8) is 0 Å². The maximum Gasteiger partial charge on any atom is 0.472 e. The normalized spacial score (nSPS) is 14.3. The number of unbranched alkanes of at least 4 members (excludes halogenated alkanes) is 31. The number of rotatable bonds is 63. The van der Waals surface area contributed by atoms with Crippen LogP contribution < -0.4 is 0 Å². The van der Waals surface area contributed by atoms with Crippen LogP contribution in [-0.2, 0) is 65.4 Å². The lowest BCUT2D eigenvalue weighted by atomic mass is 10.0. The van der Waals surface area contributed by atoms with Crippen molar-refractivity contribution in [3.8, 4) is 0 Å². The van der Waals surface area contributed by atoms with E-state index in [4.69, 9.17) is 37.0 Å². The molecule has 0 spiro atoms. The molecule has 3 N–H and O–H groups in total. The summed E-state index contributed by atoms with van der Waals surface area (Å²) in [5.74, 6) is 0.0900. The first kappa shape index (κ1) is 82.1. The van der Waals surface area contributed by atoms with Crippen molar-refractivity contribution in [1.82, 2.24) is 0 Å². The molecule has 0 saturated carbocycles. The highest BCUT2D eigenvalue weighted by Gasteiger charge is 2.30. The summed E-state index contributed by atoms with van der Waals surface area (Å²) in [6.07, 6.45) is 37.7. The molecule has 0 rings (SSSR count). The van der Waals surface area contributed by atoms with Crippen molar-refractivity contribution in [1.29, 1.82) is 0 Å². The van der Waals surface area contributed by atoms with E-state index in [0.29, 0.717) is 25.7 Å². The third-order valence-corrected chi connectivity index (χ3v) is 16.8. The molecule has 84 heavy (non-hydrogen) atoms.